The van der Waals surface area contributed by atoms with E-state index in [4.69, 9.17) is 12.2 Å². The zero-order chi connectivity index (χ0) is 13.5. The second-order valence-corrected chi connectivity index (χ2v) is 6.15. The molecule has 1 heterocycles. The topological polar surface area (TPSA) is 38.4 Å². The van der Waals surface area contributed by atoms with Crippen molar-refractivity contribution in [3.05, 3.63) is 35.1 Å². The minimum absolute atomic E-state index is 0.227. The predicted octanol–water partition coefficient (Wildman–Crippen LogP) is 2.86. The maximum atomic E-state index is 14.3. The fourth-order valence-corrected chi connectivity index (χ4v) is 4.25. The molecule has 0 bridgehead atoms. The number of nitrogens with two attached hydrogens (primary N) is 1. The summed E-state index contributed by atoms with van der Waals surface area (Å²) in [6.45, 7) is 0. The van der Waals surface area contributed by atoms with Crippen LogP contribution in [0.2, 0.25) is 0 Å². The third-order valence-corrected chi connectivity index (χ3v) is 5.08. The average Bonchev–Trinajstić information content (AvgIpc) is 2.83. The van der Waals surface area contributed by atoms with Crippen LogP contribution in [-0.4, -0.2) is 10.9 Å². The molecule has 1 fully saturated rings. The number of thioether (sulfide) groups is 1. The van der Waals surface area contributed by atoms with Crippen LogP contribution in [0.3, 0.4) is 0 Å². The number of halogens is 1. The highest BCUT2D eigenvalue weighted by molar-refractivity contribution is 8.13. The molecular weight excluding hydrogens is 259 g/mol. The molecule has 98 valence electrons. The monoisotopic (exact) mass is 274 g/mol. The Labute approximate surface area is 116 Å². The van der Waals surface area contributed by atoms with E-state index in [1.54, 1.807) is 23.9 Å². The first kappa shape index (κ1) is 12.6. The number of benzene rings is 1. The third-order valence-electron chi connectivity index (χ3n) is 4.13. The Kier molecular flexibility index (Phi) is 3.02. The van der Waals surface area contributed by atoms with E-state index in [0.717, 1.165) is 25.0 Å². The highest BCUT2D eigenvalue weighted by Gasteiger charge is 2.47. The van der Waals surface area contributed by atoms with Crippen LogP contribution in [0.5, 0.6) is 0 Å². The molecule has 1 aromatic rings. The van der Waals surface area contributed by atoms with Gasteiger partial charge in [-0.2, -0.15) is 0 Å². The van der Waals surface area contributed by atoms with E-state index in [1.807, 2.05) is 0 Å². The summed E-state index contributed by atoms with van der Waals surface area (Å²) < 4.78 is 14.3. The van der Waals surface area contributed by atoms with E-state index in [0.29, 0.717) is 22.2 Å². The Morgan fingerprint density at radius 1 is 1.53 bits per heavy atom. The zero-order valence-corrected chi connectivity index (χ0v) is 11.3. The van der Waals surface area contributed by atoms with Crippen LogP contribution in [0.1, 0.15) is 30.4 Å². The molecule has 1 aliphatic carbocycles. The van der Waals surface area contributed by atoms with Gasteiger partial charge in [-0.25, -0.2) is 4.39 Å². The molecule has 1 aliphatic heterocycles. The van der Waals surface area contributed by atoms with Gasteiger partial charge < -0.3 is 5.73 Å². The van der Waals surface area contributed by atoms with Crippen LogP contribution in [-0.2, 0) is 5.54 Å². The van der Waals surface area contributed by atoms with Crippen LogP contribution >= 0.6 is 11.8 Å². The van der Waals surface area contributed by atoms with Crippen molar-refractivity contribution in [1.82, 2.24) is 0 Å². The molecule has 0 unspecified atom stereocenters. The molecule has 3 rings (SSSR count). The second-order valence-electron chi connectivity index (χ2n) is 5.11. The summed E-state index contributed by atoms with van der Waals surface area (Å²) in [7, 11) is 0. The minimum atomic E-state index is -0.494. The van der Waals surface area contributed by atoms with Gasteiger partial charge in [0.05, 0.1) is 5.54 Å². The third kappa shape index (κ3) is 1.93. The molecule has 1 aromatic carbocycles. The number of hydrogen-bond acceptors (Lipinski definition) is 3. The van der Waals surface area contributed by atoms with Crippen molar-refractivity contribution in [2.24, 2.45) is 16.6 Å². The van der Waals surface area contributed by atoms with Crippen LogP contribution in [0.4, 0.5) is 4.39 Å². The number of fused-ring (bicyclic) bond motifs is 1. The summed E-state index contributed by atoms with van der Waals surface area (Å²) in [4.78, 5) is 4.63. The number of hydrogen-bond donors (Lipinski definition) is 1. The Bertz CT molecular complexity index is 590. The van der Waals surface area contributed by atoms with Gasteiger partial charge in [-0.05, 0) is 37.0 Å². The average molecular weight is 274 g/mol. The van der Waals surface area contributed by atoms with Crippen LogP contribution in [0, 0.1) is 24.1 Å². The number of terminal acetylenes is 1. The van der Waals surface area contributed by atoms with Gasteiger partial charge in [-0.3, -0.25) is 4.99 Å². The lowest BCUT2D eigenvalue weighted by Gasteiger charge is -2.36. The number of rotatable bonds is 1. The van der Waals surface area contributed by atoms with Gasteiger partial charge in [0.2, 0.25) is 0 Å². The maximum Gasteiger partial charge on any atom is 0.154 e. The van der Waals surface area contributed by atoms with Gasteiger partial charge in [-0.15, -0.1) is 6.42 Å². The largest absolute Gasteiger partial charge is 0.379 e. The van der Waals surface area contributed by atoms with Crippen molar-refractivity contribution in [2.75, 3.05) is 5.75 Å². The second kappa shape index (κ2) is 4.57. The Balaban J connectivity index is 2.18. The molecule has 19 heavy (non-hydrogen) atoms. The smallest absolute Gasteiger partial charge is 0.154 e. The van der Waals surface area contributed by atoms with Gasteiger partial charge in [0.25, 0.3) is 0 Å². The van der Waals surface area contributed by atoms with Crippen molar-refractivity contribution in [3.8, 4) is 12.3 Å². The molecule has 4 heteroatoms. The zero-order valence-electron chi connectivity index (χ0n) is 10.5. The highest BCUT2D eigenvalue weighted by atomic mass is 32.2. The van der Waals surface area contributed by atoms with Crippen LogP contribution in [0.15, 0.2) is 23.2 Å². The van der Waals surface area contributed by atoms with Crippen molar-refractivity contribution < 1.29 is 4.39 Å². The van der Waals surface area contributed by atoms with E-state index in [9.17, 15) is 4.39 Å². The molecule has 2 N–H and O–H groups in total. The molecule has 0 amide bonds. The van der Waals surface area contributed by atoms with E-state index >= 15 is 0 Å². The van der Waals surface area contributed by atoms with Crippen LogP contribution < -0.4 is 5.73 Å². The summed E-state index contributed by atoms with van der Waals surface area (Å²) >= 11 is 1.57. The van der Waals surface area contributed by atoms with Gasteiger partial charge in [0, 0.05) is 16.9 Å². The molecule has 0 spiro atoms. The lowest BCUT2D eigenvalue weighted by molar-refractivity contribution is 0.341. The summed E-state index contributed by atoms with van der Waals surface area (Å²) in [5, 5.41) is 0.559. The van der Waals surface area contributed by atoms with E-state index in [-0.39, 0.29) is 5.82 Å². The van der Waals surface area contributed by atoms with Gasteiger partial charge in [0.15, 0.2) is 5.17 Å². The maximum absolute atomic E-state index is 14.3. The number of aliphatic imine (C=N–C) groups is 1. The Morgan fingerprint density at radius 2 is 2.37 bits per heavy atom. The van der Waals surface area contributed by atoms with Gasteiger partial charge in [-0.1, -0.05) is 24.1 Å². The van der Waals surface area contributed by atoms with Gasteiger partial charge >= 0.3 is 0 Å². The van der Waals surface area contributed by atoms with Crippen molar-refractivity contribution in [1.29, 1.82) is 0 Å². The quantitative estimate of drug-likeness (QED) is 0.800. The molecule has 1 saturated carbocycles. The molecule has 0 saturated heterocycles. The van der Waals surface area contributed by atoms with E-state index in [2.05, 4.69) is 10.9 Å². The summed E-state index contributed by atoms with van der Waals surface area (Å²) in [6.07, 6.45) is 8.40. The fraction of sp³-hybridized carbons (Fsp3) is 0.400. The van der Waals surface area contributed by atoms with Crippen molar-refractivity contribution >= 4 is 16.9 Å². The van der Waals surface area contributed by atoms with Gasteiger partial charge in [0.1, 0.15) is 5.82 Å². The first-order valence-corrected chi connectivity index (χ1v) is 7.39. The van der Waals surface area contributed by atoms with E-state index < -0.39 is 5.54 Å². The molecular formula is C15H15FN2S. The molecule has 2 atom stereocenters. The normalized spacial score (nSPS) is 29.5. The lowest BCUT2D eigenvalue weighted by Crippen LogP contribution is -2.37. The number of amidine groups is 1. The predicted molar refractivity (Wildman–Crippen MR) is 77.4 cm³/mol. The molecule has 2 aliphatic rings. The van der Waals surface area contributed by atoms with Crippen molar-refractivity contribution in [3.63, 3.8) is 0 Å². The van der Waals surface area contributed by atoms with Crippen molar-refractivity contribution in [2.45, 2.75) is 24.8 Å². The molecule has 0 aromatic heterocycles. The Hall–Kier alpha value is -1.47. The van der Waals surface area contributed by atoms with E-state index in [1.165, 1.54) is 6.07 Å². The molecule has 2 nitrogen and oxygen atoms in total. The fourth-order valence-electron chi connectivity index (χ4n) is 3.21. The summed E-state index contributed by atoms with van der Waals surface area (Å²) in [6, 6.07) is 4.84. The lowest BCUT2D eigenvalue weighted by atomic mass is 9.81. The standard InChI is InChI=1S/C15H15FN2S/c1-2-10-5-6-13(16)12(8-10)15-7-3-4-11(15)9-19-14(17)18-15/h1,5-6,8,11H,3-4,7,9H2,(H2,17,18)/t11-,15-/m0/s1. The highest BCUT2D eigenvalue weighted by Crippen LogP contribution is 2.51. The number of nitrogens with zero attached hydrogens (tertiary/aromatic N) is 1. The summed E-state index contributed by atoms with van der Waals surface area (Å²) in [5.74, 6) is 3.61. The first-order valence-electron chi connectivity index (χ1n) is 6.40. The Morgan fingerprint density at radius 3 is 3.16 bits per heavy atom. The SMILES string of the molecule is C#Cc1ccc(F)c([C@]23CCC[C@H]2CSC(N)=N3)c1. The molecule has 0 radical (unpaired) electrons. The minimum Gasteiger partial charge on any atom is -0.379 e. The first-order chi connectivity index (χ1) is 9.15. The van der Waals surface area contributed by atoms with Crippen LogP contribution in [0.25, 0.3) is 0 Å². The summed E-state index contributed by atoms with van der Waals surface area (Å²) in [5.41, 5.74) is 6.71.